The number of benzene rings is 1. The topological polar surface area (TPSA) is 59.4 Å². The van der Waals surface area contributed by atoms with Gasteiger partial charge in [0.1, 0.15) is 5.15 Å². The summed E-state index contributed by atoms with van der Waals surface area (Å²) in [6.45, 7) is 0.390. The van der Waals surface area contributed by atoms with Crippen LogP contribution in [0.3, 0.4) is 0 Å². The highest BCUT2D eigenvalue weighted by Crippen LogP contribution is 2.14. The molecule has 0 saturated carbocycles. The van der Waals surface area contributed by atoms with Gasteiger partial charge in [-0.25, -0.2) is 4.98 Å². The van der Waals surface area contributed by atoms with Crippen LogP contribution in [-0.2, 0) is 17.7 Å². The van der Waals surface area contributed by atoms with Crippen molar-refractivity contribution in [1.29, 1.82) is 0 Å². The summed E-state index contributed by atoms with van der Waals surface area (Å²) in [6, 6.07) is 8.91. The molecule has 0 unspecified atom stereocenters. The van der Waals surface area contributed by atoms with Gasteiger partial charge in [0, 0.05) is 18.2 Å². The Morgan fingerprint density at radius 3 is 3.00 bits per heavy atom. The van der Waals surface area contributed by atoms with Gasteiger partial charge < -0.3 is 9.68 Å². The average Bonchev–Trinajstić information content (AvgIpc) is 2.87. The van der Waals surface area contributed by atoms with Crippen LogP contribution in [0.5, 0.6) is 0 Å². The van der Waals surface area contributed by atoms with Gasteiger partial charge in [-0.05, 0) is 29.1 Å². The Labute approximate surface area is 127 Å². The Hall–Kier alpha value is -1.69. The Morgan fingerprint density at radius 2 is 2.24 bits per heavy atom. The predicted octanol–water partition coefficient (Wildman–Crippen LogP) is 1.77. The Bertz CT molecular complexity index is 675. The van der Waals surface area contributed by atoms with Crippen LogP contribution in [0, 0.1) is 0 Å². The van der Waals surface area contributed by atoms with Gasteiger partial charge in [0.05, 0.1) is 6.61 Å². The smallest absolute Gasteiger partial charge is 0.423 e. The highest BCUT2D eigenvalue weighted by atomic mass is 35.5. The molecule has 1 aromatic heterocycles. The third kappa shape index (κ3) is 3.15. The number of Topliss-reactive ketones (excluding diaryl/α,β-unsaturated/α-hetero) is 1. The SMILES string of the molecule is O=C(CCc1ccc(Cl)nc1)c1ccc2c(c1)B(O)OC2. The van der Waals surface area contributed by atoms with E-state index in [4.69, 9.17) is 16.3 Å². The third-order valence-corrected chi connectivity index (χ3v) is 3.78. The lowest BCUT2D eigenvalue weighted by molar-refractivity contribution is 0.0983. The summed E-state index contributed by atoms with van der Waals surface area (Å²) in [5.41, 5.74) is 3.19. The van der Waals surface area contributed by atoms with Gasteiger partial charge in [-0.2, -0.15) is 0 Å². The van der Waals surface area contributed by atoms with Gasteiger partial charge in [0.2, 0.25) is 0 Å². The number of hydrogen-bond acceptors (Lipinski definition) is 4. The largest absolute Gasteiger partial charge is 0.491 e. The molecular weight excluding hydrogens is 288 g/mol. The van der Waals surface area contributed by atoms with Crippen LogP contribution in [0.4, 0.5) is 0 Å². The zero-order chi connectivity index (χ0) is 14.8. The van der Waals surface area contributed by atoms with Crippen LogP contribution < -0.4 is 5.46 Å². The number of aromatic nitrogens is 1. The molecule has 2 aromatic rings. The fourth-order valence-electron chi connectivity index (χ4n) is 2.34. The minimum atomic E-state index is -0.923. The molecule has 6 heteroatoms. The maximum absolute atomic E-state index is 12.2. The summed E-state index contributed by atoms with van der Waals surface area (Å²) in [7, 11) is -0.923. The standard InChI is InChI=1S/C15H13BClNO3/c17-15-6-2-10(8-18-15)1-5-14(19)11-3-4-12-9-21-16(20)13(12)7-11/h2-4,6-8,20H,1,5,9H2. The Balaban J connectivity index is 1.68. The monoisotopic (exact) mass is 301 g/mol. The molecule has 1 aliphatic heterocycles. The van der Waals surface area contributed by atoms with Crippen molar-refractivity contribution in [3.8, 4) is 0 Å². The summed E-state index contributed by atoms with van der Waals surface area (Å²) < 4.78 is 5.12. The zero-order valence-electron chi connectivity index (χ0n) is 11.3. The van der Waals surface area contributed by atoms with Crippen molar-refractivity contribution in [2.24, 2.45) is 0 Å². The van der Waals surface area contributed by atoms with E-state index in [1.54, 1.807) is 24.4 Å². The number of nitrogens with zero attached hydrogens (tertiary/aromatic N) is 1. The van der Waals surface area contributed by atoms with Crippen LogP contribution in [0.2, 0.25) is 5.15 Å². The number of pyridine rings is 1. The molecule has 21 heavy (non-hydrogen) atoms. The highest BCUT2D eigenvalue weighted by Gasteiger charge is 2.27. The minimum absolute atomic E-state index is 0.0341. The summed E-state index contributed by atoms with van der Waals surface area (Å²) in [6.07, 6.45) is 2.67. The van der Waals surface area contributed by atoms with Crippen LogP contribution in [0.1, 0.15) is 27.9 Å². The molecule has 0 bridgehead atoms. The van der Waals surface area contributed by atoms with Crippen LogP contribution in [0.25, 0.3) is 0 Å². The van der Waals surface area contributed by atoms with Crippen molar-refractivity contribution in [2.45, 2.75) is 19.4 Å². The van der Waals surface area contributed by atoms with Crippen molar-refractivity contribution >= 4 is 30.0 Å². The zero-order valence-corrected chi connectivity index (χ0v) is 12.0. The van der Waals surface area contributed by atoms with Gasteiger partial charge in [0.25, 0.3) is 0 Å². The third-order valence-electron chi connectivity index (χ3n) is 3.56. The van der Waals surface area contributed by atoms with Gasteiger partial charge >= 0.3 is 7.12 Å². The Kier molecular flexibility index (Phi) is 4.06. The van der Waals surface area contributed by atoms with Crippen LogP contribution in [-0.4, -0.2) is 22.9 Å². The number of fused-ring (bicyclic) bond motifs is 1. The van der Waals surface area contributed by atoms with E-state index in [1.165, 1.54) is 0 Å². The first kappa shape index (κ1) is 14.3. The van der Waals surface area contributed by atoms with Gasteiger partial charge in [0.15, 0.2) is 5.78 Å². The second-order valence-electron chi connectivity index (χ2n) is 4.99. The second-order valence-corrected chi connectivity index (χ2v) is 5.38. The molecule has 1 N–H and O–H groups in total. The second kappa shape index (κ2) is 5.97. The number of hydrogen-bond donors (Lipinski definition) is 1. The van der Waals surface area contributed by atoms with Crippen molar-refractivity contribution in [1.82, 2.24) is 4.98 Å². The molecule has 0 amide bonds. The molecule has 0 saturated heterocycles. The van der Waals surface area contributed by atoms with Crippen LogP contribution >= 0.6 is 11.6 Å². The number of ketones is 1. The van der Waals surface area contributed by atoms with Gasteiger partial charge in [-0.1, -0.05) is 35.9 Å². The molecule has 106 valence electrons. The van der Waals surface area contributed by atoms with Crippen LogP contribution in [0.15, 0.2) is 36.5 Å². The van der Waals surface area contributed by atoms with Crippen molar-refractivity contribution in [3.05, 3.63) is 58.4 Å². The van der Waals surface area contributed by atoms with Gasteiger partial charge in [-0.3, -0.25) is 4.79 Å². The number of rotatable bonds is 4. The molecule has 1 aliphatic rings. The molecule has 2 heterocycles. The molecule has 0 fully saturated rings. The molecule has 4 nitrogen and oxygen atoms in total. The summed E-state index contributed by atoms with van der Waals surface area (Å²) >= 11 is 5.72. The lowest BCUT2D eigenvalue weighted by Gasteiger charge is -2.04. The fraction of sp³-hybridized carbons (Fsp3) is 0.200. The lowest BCUT2D eigenvalue weighted by Crippen LogP contribution is -2.28. The molecule has 0 atom stereocenters. The van der Waals surface area contributed by atoms with E-state index in [1.807, 2.05) is 12.1 Å². The molecule has 0 spiro atoms. The summed E-state index contributed by atoms with van der Waals surface area (Å²) in [5.74, 6) is 0.0341. The number of carbonyl (C=O) groups excluding carboxylic acids is 1. The first-order valence-electron chi connectivity index (χ1n) is 6.69. The van der Waals surface area contributed by atoms with E-state index < -0.39 is 7.12 Å². The van der Waals surface area contributed by atoms with E-state index in [-0.39, 0.29) is 5.78 Å². The fourth-order valence-corrected chi connectivity index (χ4v) is 2.46. The molecule has 0 aliphatic carbocycles. The first-order valence-corrected chi connectivity index (χ1v) is 7.07. The number of carbonyl (C=O) groups is 1. The molecule has 0 radical (unpaired) electrons. The normalized spacial score (nSPS) is 13.3. The molecular formula is C15H13BClNO3. The van der Waals surface area contributed by atoms with Crippen molar-refractivity contribution in [2.75, 3.05) is 0 Å². The van der Waals surface area contributed by atoms with E-state index in [2.05, 4.69) is 4.98 Å². The summed E-state index contributed by atoms with van der Waals surface area (Å²) in [4.78, 5) is 16.2. The maximum Gasteiger partial charge on any atom is 0.491 e. The van der Waals surface area contributed by atoms with Crippen molar-refractivity contribution in [3.63, 3.8) is 0 Å². The minimum Gasteiger partial charge on any atom is -0.423 e. The quantitative estimate of drug-likeness (QED) is 0.531. The maximum atomic E-state index is 12.2. The first-order chi connectivity index (χ1) is 10.1. The number of halogens is 1. The lowest BCUT2D eigenvalue weighted by atomic mass is 9.78. The molecule has 3 rings (SSSR count). The van der Waals surface area contributed by atoms with E-state index >= 15 is 0 Å². The molecule has 1 aromatic carbocycles. The van der Waals surface area contributed by atoms with E-state index in [0.717, 1.165) is 11.1 Å². The summed E-state index contributed by atoms with van der Waals surface area (Å²) in [5, 5.41) is 10.1. The van der Waals surface area contributed by atoms with Gasteiger partial charge in [-0.15, -0.1) is 0 Å². The predicted molar refractivity (Wildman–Crippen MR) is 80.7 cm³/mol. The van der Waals surface area contributed by atoms with Crippen molar-refractivity contribution < 1.29 is 14.5 Å². The van der Waals surface area contributed by atoms with E-state index in [9.17, 15) is 9.82 Å². The number of aryl methyl sites for hydroxylation is 1. The highest BCUT2D eigenvalue weighted by molar-refractivity contribution is 6.61. The van der Waals surface area contributed by atoms with E-state index in [0.29, 0.717) is 35.6 Å². The Morgan fingerprint density at radius 1 is 1.38 bits per heavy atom. The average molecular weight is 302 g/mol.